The summed E-state index contributed by atoms with van der Waals surface area (Å²) in [6.45, 7) is 10.0. The van der Waals surface area contributed by atoms with E-state index in [9.17, 15) is 9.59 Å². The molecule has 8 nitrogen and oxygen atoms in total. The molecule has 0 saturated heterocycles. The van der Waals surface area contributed by atoms with Crippen molar-refractivity contribution in [3.8, 4) is 11.5 Å². The van der Waals surface area contributed by atoms with Crippen LogP contribution in [0.15, 0.2) is 48.5 Å². The summed E-state index contributed by atoms with van der Waals surface area (Å²) < 4.78 is 36.1. The maximum absolute atomic E-state index is 12.2. The van der Waals surface area contributed by atoms with Crippen molar-refractivity contribution < 1.29 is 38.0 Å². The van der Waals surface area contributed by atoms with Crippen LogP contribution in [0.25, 0.3) is 21.5 Å². The molecule has 0 radical (unpaired) electrons. The van der Waals surface area contributed by atoms with Crippen molar-refractivity contribution in [1.29, 1.82) is 0 Å². The van der Waals surface area contributed by atoms with Crippen LogP contribution in [0.4, 0.5) is 0 Å². The van der Waals surface area contributed by atoms with Crippen LogP contribution in [-0.2, 0) is 28.5 Å². The number of hydrogen-bond acceptors (Lipinski definition) is 8. The van der Waals surface area contributed by atoms with Crippen molar-refractivity contribution >= 4 is 33.5 Å². The Kier molecular flexibility index (Phi) is 17.3. The number of benzene rings is 3. The number of ether oxygens (including phenoxy) is 6. The summed E-state index contributed by atoms with van der Waals surface area (Å²) in [7, 11) is 0. The van der Waals surface area contributed by atoms with Crippen LogP contribution in [0.3, 0.4) is 0 Å². The predicted molar refractivity (Wildman–Crippen MR) is 183 cm³/mol. The first-order valence-corrected chi connectivity index (χ1v) is 17.3. The van der Waals surface area contributed by atoms with Gasteiger partial charge in [0.15, 0.2) is 12.2 Å². The van der Waals surface area contributed by atoms with Crippen LogP contribution in [0.1, 0.15) is 91.9 Å². The number of carbonyl (C=O) groups is 2. The van der Waals surface area contributed by atoms with Crippen molar-refractivity contribution in [3.63, 3.8) is 0 Å². The lowest BCUT2D eigenvalue weighted by Crippen LogP contribution is -2.30. The lowest BCUT2D eigenvalue weighted by molar-refractivity contribution is -0.154. The standard InChI is InChI=1S/C38H54O8/c1-5-9-11-17-23-41-25-29(45-35(39)7-3)27-43-37-31-19-13-15-21-33(31)38(34-22-16-14-20-32(34)37)44-28-30(46-36(40)8-4)26-42-24-18-12-10-6-2/h13-16,19-22,29-30H,5-12,17-18,23-28H2,1-4H3. The van der Waals surface area contributed by atoms with E-state index in [-0.39, 0.29) is 51.2 Å². The Morgan fingerprint density at radius 1 is 0.522 bits per heavy atom. The molecule has 0 fully saturated rings. The van der Waals surface area contributed by atoms with Gasteiger partial charge in [-0.05, 0) is 12.8 Å². The summed E-state index contributed by atoms with van der Waals surface area (Å²) in [4.78, 5) is 24.4. The van der Waals surface area contributed by atoms with Gasteiger partial charge in [0, 0.05) is 47.6 Å². The molecule has 3 aromatic rings. The average Bonchev–Trinajstić information content (AvgIpc) is 3.08. The van der Waals surface area contributed by atoms with Crippen LogP contribution in [0.2, 0.25) is 0 Å². The first-order valence-electron chi connectivity index (χ1n) is 17.3. The molecule has 2 atom stereocenters. The maximum atomic E-state index is 12.2. The van der Waals surface area contributed by atoms with Crippen molar-refractivity contribution in [2.75, 3.05) is 39.6 Å². The van der Waals surface area contributed by atoms with Gasteiger partial charge >= 0.3 is 11.9 Å². The highest BCUT2D eigenvalue weighted by molar-refractivity contribution is 6.11. The van der Waals surface area contributed by atoms with Crippen molar-refractivity contribution in [2.45, 2.75) is 104 Å². The zero-order valence-electron chi connectivity index (χ0n) is 28.4. The monoisotopic (exact) mass is 638 g/mol. The molecule has 3 rings (SSSR count). The number of esters is 2. The van der Waals surface area contributed by atoms with Crippen LogP contribution >= 0.6 is 0 Å². The van der Waals surface area contributed by atoms with Gasteiger partial charge < -0.3 is 28.4 Å². The Morgan fingerprint density at radius 2 is 0.891 bits per heavy atom. The van der Waals surface area contributed by atoms with Crippen LogP contribution in [0.5, 0.6) is 11.5 Å². The molecule has 46 heavy (non-hydrogen) atoms. The van der Waals surface area contributed by atoms with Crippen LogP contribution < -0.4 is 9.47 Å². The Balaban J connectivity index is 1.81. The van der Waals surface area contributed by atoms with Crippen molar-refractivity contribution in [2.24, 2.45) is 0 Å². The summed E-state index contributed by atoms with van der Waals surface area (Å²) in [5, 5.41) is 3.47. The fourth-order valence-corrected chi connectivity index (χ4v) is 5.17. The van der Waals surface area contributed by atoms with Gasteiger partial charge in [0.25, 0.3) is 0 Å². The summed E-state index contributed by atoms with van der Waals surface area (Å²) in [6, 6.07) is 15.8. The average molecular weight is 639 g/mol. The number of hydrogen-bond donors (Lipinski definition) is 0. The first kappa shape index (κ1) is 37.1. The zero-order valence-corrected chi connectivity index (χ0v) is 28.4. The molecular formula is C38H54O8. The number of carbonyl (C=O) groups excluding carboxylic acids is 2. The molecule has 0 heterocycles. The Labute approximate surface area is 275 Å². The molecule has 254 valence electrons. The third-order valence-electron chi connectivity index (χ3n) is 7.73. The summed E-state index contributed by atoms with van der Waals surface area (Å²) in [6.07, 6.45) is 8.36. The summed E-state index contributed by atoms with van der Waals surface area (Å²) in [5.41, 5.74) is 0. The molecule has 0 N–H and O–H groups in total. The third-order valence-corrected chi connectivity index (χ3v) is 7.73. The number of unbranched alkanes of at least 4 members (excludes halogenated alkanes) is 6. The van der Waals surface area contributed by atoms with Gasteiger partial charge in [-0.3, -0.25) is 9.59 Å². The minimum Gasteiger partial charge on any atom is -0.488 e. The minimum absolute atomic E-state index is 0.152. The first-order chi connectivity index (χ1) is 22.5. The van der Waals surface area contributed by atoms with E-state index in [1.165, 1.54) is 12.8 Å². The molecule has 0 aromatic heterocycles. The Morgan fingerprint density at radius 3 is 1.22 bits per heavy atom. The van der Waals surface area contributed by atoms with E-state index in [0.717, 1.165) is 60.1 Å². The highest BCUT2D eigenvalue weighted by Crippen LogP contribution is 2.42. The second kappa shape index (κ2) is 21.4. The molecule has 0 aliphatic heterocycles. The van der Waals surface area contributed by atoms with E-state index in [0.29, 0.717) is 24.7 Å². The number of rotatable bonds is 24. The lowest BCUT2D eigenvalue weighted by Gasteiger charge is -2.23. The molecule has 0 spiro atoms. The van der Waals surface area contributed by atoms with E-state index in [2.05, 4.69) is 13.8 Å². The summed E-state index contributed by atoms with van der Waals surface area (Å²) in [5.74, 6) is 0.793. The SMILES string of the molecule is CCCCCCOCC(COc1c2ccccc2c(OCC(COCCCCCC)OC(=O)CC)c2ccccc12)OC(=O)CC. The molecule has 3 aromatic carbocycles. The largest absolute Gasteiger partial charge is 0.488 e. The molecule has 0 aliphatic rings. The lowest BCUT2D eigenvalue weighted by atomic mass is 10.0. The van der Waals surface area contributed by atoms with Gasteiger partial charge in [-0.1, -0.05) is 115 Å². The zero-order chi connectivity index (χ0) is 33.0. The van der Waals surface area contributed by atoms with Gasteiger partial charge in [-0.2, -0.15) is 0 Å². The van der Waals surface area contributed by atoms with Crippen LogP contribution in [-0.4, -0.2) is 63.8 Å². The second-order valence-electron chi connectivity index (χ2n) is 11.6. The third kappa shape index (κ3) is 12.1. The van der Waals surface area contributed by atoms with E-state index in [4.69, 9.17) is 28.4 Å². The maximum Gasteiger partial charge on any atom is 0.305 e. The minimum atomic E-state index is -0.539. The van der Waals surface area contributed by atoms with Gasteiger partial charge in [0.1, 0.15) is 24.7 Å². The van der Waals surface area contributed by atoms with Crippen LogP contribution in [0, 0.1) is 0 Å². The van der Waals surface area contributed by atoms with Crippen molar-refractivity contribution in [1.82, 2.24) is 0 Å². The van der Waals surface area contributed by atoms with Gasteiger partial charge in [0.05, 0.1) is 13.2 Å². The van der Waals surface area contributed by atoms with E-state index in [1.54, 1.807) is 13.8 Å². The fraction of sp³-hybridized carbons (Fsp3) is 0.579. The second-order valence-corrected chi connectivity index (χ2v) is 11.6. The highest BCUT2D eigenvalue weighted by atomic mass is 16.6. The number of fused-ring (bicyclic) bond motifs is 2. The molecule has 0 saturated carbocycles. The highest BCUT2D eigenvalue weighted by Gasteiger charge is 2.22. The van der Waals surface area contributed by atoms with Gasteiger partial charge in [-0.25, -0.2) is 0 Å². The van der Waals surface area contributed by atoms with Gasteiger partial charge in [-0.15, -0.1) is 0 Å². The Hall–Kier alpha value is -3.36. The van der Waals surface area contributed by atoms with E-state index < -0.39 is 12.2 Å². The topological polar surface area (TPSA) is 89.5 Å². The predicted octanol–water partition coefficient (Wildman–Crippen LogP) is 8.59. The summed E-state index contributed by atoms with van der Waals surface area (Å²) >= 11 is 0. The normalized spacial score (nSPS) is 12.6. The fourth-order valence-electron chi connectivity index (χ4n) is 5.17. The molecular weight excluding hydrogens is 584 g/mol. The Bertz CT molecular complexity index is 1170. The van der Waals surface area contributed by atoms with E-state index >= 15 is 0 Å². The quantitative estimate of drug-likeness (QED) is 0.0548. The molecule has 0 aliphatic carbocycles. The molecule has 0 bridgehead atoms. The molecule has 8 heteroatoms. The van der Waals surface area contributed by atoms with Crippen molar-refractivity contribution in [3.05, 3.63) is 48.5 Å². The molecule has 0 amide bonds. The smallest absolute Gasteiger partial charge is 0.305 e. The van der Waals surface area contributed by atoms with Gasteiger partial charge in [0.2, 0.25) is 0 Å². The molecule has 2 unspecified atom stereocenters. The van der Waals surface area contributed by atoms with E-state index in [1.807, 2.05) is 48.5 Å².